The van der Waals surface area contributed by atoms with Gasteiger partial charge in [-0.2, -0.15) is 0 Å². The third kappa shape index (κ3) is 7.75. The van der Waals surface area contributed by atoms with E-state index in [4.69, 9.17) is 5.11 Å². The molecule has 0 aliphatic heterocycles. The van der Waals surface area contributed by atoms with E-state index in [-0.39, 0.29) is 12.5 Å². The van der Waals surface area contributed by atoms with Gasteiger partial charge in [0.15, 0.2) is 0 Å². The van der Waals surface area contributed by atoms with E-state index in [1.54, 1.807) is 11.8 Å². The number of aliphatic carboxylic acids is 1. The molecule has 0 radical (unpaired) electrons. The number of carbonyl (C=O) groups is 2. The van der Waals surface area contributed by atoms with Crippen LogP contribution in [0, 0.1) is 5.92 Å². The maximum absolute atomic E-state index is 11.7. The van der Waals surface area contributed by atoms with Crippen molar-refractivity contribution < 1.29 is 14.7 Å². The predicted octanol–water partition coefficient (Wildman–Crippen LogP) is 3.18. The zero-order chi connectivity index (χ0) is 15.5. The van der Waals surface area contributed by atoms with Gasteiger partial charge in [0.05, 0.1) is 5.92 Å². The van der Waals surface area contributed by atoms with Gasteiger partial charge in [0.25, 0.3) is 0 Å². The number of carbonyl (C=O) groups excluding carboxylic acids is 1. The topological polar surface area (TPSA) is 66.4 Å². The summed E-state index contributed by atoms with van der Waals surface area (Å²) in [6.07, 6.45) is 2.63. The third-order valence-corrected chi connectivity index (χ3v) is 4.19. The van der Waals surface area contributed by atoms with Crippen molar-refractivity contribution in [2.24, 2.45) is 5.92 Å². The number of rotatable bonds is 10. The summed E-state index contributed by atoms with van der Waals surface area (Å²) in [6.45, 7) is 2.17. The minimum absolute atomic E-state index is 0.0639. The fraction of sp³-hybridized carbons (Fsp3) is 0.500. The Morgan fingerprint density at radius 3 is 2.62 bits per heavy atom. The van der Waals surface area contributed by atoms with Crippen molar-refractivity contribution >= 4 is 23.6 Å². The number of carboxylic acid groups (broad SMARTS) is 1. The molecule has 1 rings (SSSR count). The molecule has 116 valence electrons. The van der Waals surface area contributed by atoms with Crippen molar-refractivity contribution in [3.05, 3.63) is 30.3 Å². The first kappa shape index (κ1) is 17.6. The van der Waals surface area contributed by atoms with E-state index in [1.807, 2.05) is 37.3 Å². The van der Waals surface area contributed by atoms with Gasteiger partial charge in [0.2, 0.25) is 5.91 Å². The number of amides is 1. The molecular formula is C16H23NO3S. The van der Waals surface area contributed by atoms with Gasteiger partial charge in [0.1, 0.15) is 0 Å². The zero-order valence-corrected chi connectivity index (χ0v) is 13.2. The van der Waals surface area contributed by atoms with Crippen LogP contribution in [0.25, 0.3) is 0 Å². The molecule has 0 fully saturated rings. The Hall–Kier alpha value is -1.49. The van der Waals surface area contributed by atoms with Crippen LogP contribution in [0.3, 0.4) is 0 Å². The SMILES string of the molecule is CCCC(CNC(=O)CCCSc1ccccc1)C(=O)O. The molecule has 0 aliphatic carbocycles. The Kier molecular flexibility index (Phi) is 8.59. The highest BCUT2D eigenvalue weighted by molar-refractivity contribution is 7.99. The van der Waals surface area contributed by atoms with E-state index in [2.05, 4.69) is 5.32 Å². The first-order valence-electron chi connectivity index (χ1n) is 7.30. The summed E-state index contributed by atoms with van der Waals surface area (Å²) in [5, 5.41) is 11.7. The molecule has 0 saturated heterocycles. The summed E-state index contributed by atoms with van der Waals surface area (Å²) in [6, 6.07) is 10.1. The highest BCUT2D eigenvalue weighted by atomic mass is 32.2. The third-order valence-electron chi connectivity index (χ3n) is 3.09. The molecule has 0 aliphatic rings. The smallest absolute Gasteiger partial charge is 0.308 e. The van der Waals surface area contributed by atoms with Crippen LogP contribution in [0.2, 0.25) is 0 Å². The lowest BCUT2D eigenvalue weighted by molar-refractivity contribution is -0.141. The molecule has 1 aromatic carbocycles. The molecule has 0 heterocycles. The number of benzene rings is 1. The van der Waals surface area contributed by atoms with E-state index in [9.17, 15) is 9.59 Å². The zero-order valence-electron chi connectivity index (χ0n) is 12.4. The van der Waals surface area contributed by atoms with Crippen molar-refractivity contribution in [3.63, 3.8) is 0 Å². The van der Waals surface area contributed by atoms with Crippen LogP contribution in [-0.2, 0) is 9.59 Å². The molecule has 1 atom stereocenters. The number of nitrogens with one attached hydrogen (secondary N) is 1. The molecule has 5 heteroatoms. The number of thioether (sulfide) groups is 1. The van der Waals surface area contributed by atoms with Crippen molar-refractivity contribution in [1.29, 1.82) is 0 Å². The minimum atomic E-state index is -0.836. The lowest BCUT2D eigenvalue weighted by Gasteiger charge is -2.12. The van der Waals surface area contributed by atoms with E-state index in [1.165, 1.54) is 4.90 Å². The lowest BCUT2D eigenvalue weighted by atomic mass is 10.0. The summed E-state index contributed by atoms with van der Waals surface area (Å²) in [5.74, 6) is -0.491. The predicted molar refractivity (Wildman–Crippen MR) is 85.4 cm³/mol. The van der Waals surface area contributed by atoms with Gasteiger partial charge in [-0.1, -0.05) is 31.5 Å². The second-order valence-corrected chi connectivity index (χ2v) is 6.06. The first-order valence-corrected chi connectivity index (χ1v) is 8.29. The quantitative estimate of drug-likeness (QED) is 0.514. The highest BCUT2D eigenvalue weighted by Gasteiger charge is 2.16. The molecule has 0 bridgehead atoms. The Balaban J connectivity index is 2.15. The fourth-order valence-corrected chi connectivity index (χ4v) is 2.80. The summed E-state index contributed by atoms with van der Waals surface area (Å²) in [5.41, 5.74) is 0. The molecule has 1 unspecified atom stereocenters. The van der Waals surface area contributed by atoms with Crippen LogP contribution in [0.1, 0.15) is 32.6 Å². The molecule has 0 spiro atoms. The average molecular weight is 309 g/mol. The fourth-order valence-electron chi connectivity index (χ4n) is 1.93. The lowest BCUT2D eigenvalue weighted by Crippen LogP contribution is -2.32. The molecular weight excluding hydrogens is 286 g/mol. The maximum atomic E-state index is 11.7. The standard InChI is InChI=1S/C16H23NO3S/c1-2-7-13(16(19)20)12-17-15(18)10-6-11-21-14-8-4-3-5-9-14/h3-5,8-9,13H,2,6-7,10-12H2,1H3,(H,17,18)(H,19,20). The Morgan fingerprint density at radius 1 is 1.29 bits per heavy atom. The van der Waals surface area contributed by atoms with Crippen molar-refractivity contribution in [1.82, 2.24) is 5.32 Å². The van der Waals surface area contributed by atoms with Crippen LogP contribution >= 0.6 is 11.8 Å². The Morgan fingerprint density at radius 2 is 2.00 bits per heavy atom. The number of hydrogen-bond donors (Lipinski definition) is 2. The van der Waals surface area contributed by atoms with Crippen molar-refractivity contribution in [3.8, 4) is 0 Å². The summed E-state index contributed by atoms with van der Waals surface area (Å²) >= 11 is 1.73. The van der Waals surface area contributed by atoms with Crippen molar-refractivity contribution in [2.75, 3.05) is 12.3 Å². The van der Waals surface area contributed by atoms with Gasteiger partial charge in [-0.15, -0.1) is 11.8 Å². The van der Waals surface area contributed by atoms with Crippen molar-refractivity contribution in [2.45, 2.75) is 37.5 Å². The summed E-state index contributed by atoms with van der Waals surface area (Å²) in [7, 11) is 0. The number of hydrogen-bond acceptors (Lipinski definition) is 3. The second-order valence-electron chi connectivity index (χ2n) is 4.89. The van der Waals surface area contributed by atoms with Gasteiger partial charge in [0, 0.05) is 17.9 Å². The van der Waals surface area contributed by atoms with Gasteiger partial charge < -0.3 is 10.4 Å². The monoisotopic (exact) mass is 309 g/mol. The van der Waals surface area contributed by atoms with Crippen LogP contribution in [0.4, 0.5) is 0 Å². The van der Waals surface area contributed by atoms with Crippen LogP contribution < -0.4 is 5.32 Å². The number of carboxylic acids is 1. The molecule has 4 nitrogen and oxygen atoms in total. The first-order chi connectivity index (χ1) is 10.1. The second kappa shape index (κ2) is 10.3. The summed E-state index contributed by atoms with van der Waals surface area (Å²) in [4.78, 5) is 23.8. The van der Waals surface area contributed by atoms with Gasteiger partial charge in [-0.3, -0.25) is 9.59 Å². The van der Waals surface area contributed by atoms with Gasteiger partial charge >= 0.3 is 5.97 Å². The van der Waals surface area contributed by atoms with Crippen LogP contribution in [-0.4, -0.2) is 29.3 Å². The van der Waals surface area contributed by atoms with E-state index in [0.29, 0.717) is 12.8 Å². The van der Waals surface area contributed by atoms with E-state index in [0.717, 1.165) is 18.6 Å². The van der Waals surface area contributed by atoms with Gasteiger partial charge in [-0.05, 0) is 30.7 Å². The highest BCUT2D eigenvalue weighted by Crippen LogP contribution is 2.18. The molecule has 1 amide bonds. The Labute approximate surface area is 130 Å². The normalized spacial score (nSPS) is 11.9. The molecule has 21 heavy (non-hydrogen) atoms. The van der Waals surface area contributed by atoms with Crippen LogP contribution in [0.5, 0.6) is 0 Å². The molecule has 2 N–H and O–H groups in total. The largest absolute Gasteiger partial charge is 0.481 e. The van der Waals surface area contributed by atoms with Gasteiger partial charge in [-0.25, -0.2) is 0 Å². The Bertz CT molecular complexity index is 436. The minimum Gasteiger partial charge on any atom is -0.481 e. The maximum Gasteiger partial charge on any atom is 0.308 e. The van der Waals surface area contributed by atoms with E-state index < -0.39 is 11.9 Å². The molecule has 1 aromatic rings. The van der Waals surface area contributed by atoms with E-state index >= 15 is 0 Å². The van der Waals surface area contributed by atoms with Crippen LogP contribution in [0.15, 0.2) is 35.2 Å². The summed E-state index contributed by atoms with van der Waals surface area (Å²) < 4.78 is 0. The molecule has 0 aromatic heterocycles. The average Bonchev–Trinajstić information content (AvgIpc) is 2.48. The molecule has 0 saturated carbocycles.